The summed E-state index contributed by atoms with van der Waals surface area (Å²) in [7, 11) is 0. The largest absolute Gasteiger partial charge is 0.325 e. The van der Waals surface area contributed by atoms with Crippen LogP contribution < -0.4 is 5.32 Å². The zero-order valence-corrected chi connectivity index (χ0v) is 12.5. The molecule has 2 aromatic rings. The van der Waals surface area contributed by atoms with Crippen LogP contribution in [0.15, 0.2) is 24.3 Å². The second-order valence-corrected chi connectivity index (χ2v) is 5.53. The van der Waals surface area contributed by atoms with Gasteiger partial charge in [-0.25, -0.2) is 4.98 Å². The Morgan fingerprint density at radius 1 is 1.40 bits per heavy atom. The number of aromatic nitrogens is 3. The maximum atomic E-state index is 12.2. The lowest BCUT2D eigenvalue weighted by atomic mass is 9.95. The van der Waals surface area contributed by atoms with Crippen molar-refractivity contribution in [1.29, 1.82) is 0 Å². The van der Waals surface area contributed by atoms with Gasteiger partial charge in [0.2, 0.25) is 5.91 Å². The SMILES string of the molecule is Cc1nc(-c2ccccc2NC(=O)C(C)(C)CCl)n[nH]1. The number of hydrogen-bond donors (Lipinski definition) is 2. The van der Waals surface area contributed by atoms with E-state index >= 15 is 0 Å². The predicted octanol–water partition coefficient (Wildman–Crippen LogP) is 2.98. The third kappa shape index (κ3) is 2.99. The van der Waals surface area contributed by atoms with Crippen molar-refractivity contribution < 1.29 is 4.79 Å². The Labute approximate surface area is 122 Å². The van der Waals surface area contributed by atoms with Crippen molar-refractivity contribution in [1.82, 2.24) is 15.2 Å². The molecule has 20 heavy (non-hydrogen) atoms. The van der Waals surface area contributed by atoms with Gasteiger partial charge in [-0.2, -0.15) is 5.10 Å². The second kappa shape index (κ2) is 5.63. The zero-order chi connectivity index (χ0) is 14.8. The summed E-state index contributed by atoms with van der Waals surface area (Å²) >= 11 is 5.82. The summed E-state index contributed by atoms with van der Waals surface area (Å²) in [5.74, 6) is 1.40. The normalized spacial score (nSPS) is 11.4. The number of carbonyl (C=O) groups is 1. The first-order valence-corrected chi connectivity index (χ1v) is 6.83. The maximum Gasteiger partial charge on any atom is 0.231 e. The molecular weight excluding hydrogens is 276 g/mol. The van der Waals surface area contributed by atoms with Crippen LogP contribution in [0.1, 0.15) is 19.7 Å². The molecule has 0 saturated heterocycles. The molecule has 1 aromatic heterocycles. The summed E-state index contributed by atoms with van der Waals surface area (Å²) in [6.45, 7) is 5.43. The van der Waals surface area contributed by atoms with E-state index < -0.39 is 5.41 Å². The molecule has 0 aliphatic carbocycles. The van der Waals surface area contributed by atoms with Crippen LogP contribution in [0.2, 0.25) is 0 Å². The van der Waals surface area contributed by atoms with E-state index in [1.54, 1.807) is 13.8 Å². The van der Waals surface area contributed by atoms with Gasteiger partial charge in [0, 0.05) is 11.4 Å². The fraction of sp³-hybridized carbons (Fsp3) is 0.357. The van der Waals surface area contributed by atoms with Gasteiger partial charge in [-0.1, -0.05) is 12.1 Å². The summed E-state index contributed by atoms with van der Waals surface area (Å²) in [6.07, 6.45) is 0. The number of anilines is 1. The summed E-state index contributed by atoms with van der Waals surface area (Å²) in [5, 5.41) is 9.81. The standard InChI is InChI=1S/C14H17ClN4O/c1-9-16-12(19-18-9)10-6-4-5-7-11(10)17-13(20)14(2,3)8-15/h4-7H,8H2,1-3H3,(H,17,20)(H,16,18,19). The van der Waals surface area contributed by atoms with E-state index in [2.05, 4.69) is 20.5 Å². The fourth-order valence-corrected chi connectivity index (χ4v) is 1.72. The first kappa shape index (κ1) is 14.5. The van der Waals surface area contributed by atoms with Crippen LogP contribution >= 0.6 is 11.6 Å². The van der Waals surface area contributed by atoms with E-state index in [1.165, 1.54) is 0 Å². The third-order valence-corrected chi connectivity index (χ3v) is 3.63. The number of alkyl halides is 1. The molecule has 0 aliphatic heterocycles. The monoisotopic (exact) mass is 292 g/mol. The van der Waals surface area contributed by atoms with Gasteiger partial charge in [-0.15, -0.1) is 11.6 Å². The molecule has 0 radical (unpaired) electrons. The number of rotatable bonds is 4. The lowest BCUT2D eigenvalue weighted by Gasteiger charge is -2.21. The highest BCUT2D eigenvalue weighted by Crippen LogP contribution is 2.27. The minimum atomic E-state index is -0.635. The van der Waals surface area contributed by atoms with Crippen molar-refractivity contribution in [2.75, 3.05) is 11.2 Å². The van der Waals surface area contributed by atoms with E-state index in [-0.39, 0.29) is 11.8 Å². The van der Waals surface area contributed by atoms with Crippen LogP contribution in [0.25, 0.3) is 11.4 Å². The van der Waals surface area contributed by atoms with Crippen molar-refractivity contribution in [2.24, 2.45) is 5.41 Å². The van der Waals surface area contributed by atoms with Crippen LogP contribution in [-0.2, 0) is 4.79 Å². The van der Waals surface area contributed by atoms with Gasteiger partial charge in [0.05, 0.1) is 11.1 Å². The Hall–Kier alpha value is -1.88. The Bertz CT molecular complexity index is 621. The molecule has 5 nitrogen and oxygen atoms in total. The van der Waals surface area contributed by atoms with E-state index in [0.29, 0.717) is 11.5 Å². The van der Waals surface area contributed by atoms with E-state index in [4.69, 9.17) is 11.6 Å². The van der Waals surface area contributed by atoms with Gasteiger partial charge in [-0.05, 0) is 32.9 Å². The molecule has 0 unspecified atom stereocenters. The average Bonchev–Trinajstić information content (AvgIpc) is 2.85. The number of para-hydroxylation sites is 1. The number of amides is 1. The zero-order valence-electron chi connectivity index (χ0n) is 11.7. The number of nitrogens with zero attached hydrogens (tertiary/aromatic N) is 2. The molecule has 106 valence electrons. The van der Waals surface area contributed by atoms with Gasteiger partial charge in [0.15, 0.2) is 5.82 Å². The molecule has 0 bridgehead atoms. The van der Waals surface area contributed by atoms with E-state index in [0.717, 1.165) is 11.4 Å². The molecule has 1 heterocycles. The summed E-state index contributed by atoms with van der Waals surface area (Å²) in [6, 6.07) is 7.42. The molecule has 0 aliphatic rings. The number of carbonyl (C=O) groups excluding carboxylic acids is 1. The Morgan fingerprint density at radius 2 is 2.10 bits per heavy atom. The van der Waals surface area contributed by atoms with Gasteiger partial charge in [0.25, 0.3) is 0 Å². The van der Waals surface area contributed by atoms with Crippen LogP contribution in [0.4, 0.5) is 5.69 Å². The average molecular weight is 293 g/mol. The minimum Gasteiger partial charge on any atom is -0.325 e. The lowest BCUT2D eigenvalue weighted by molar-refractivity contribution is -0.122. The number of aromatic amines is 1. The van der Waals surface area contributed by atoms with Gasteiger partial charge in [-0.3, -0.25) is 9.89 Å². The van der Waals surface area contributed by atoms with Gasteiger partial charge in [0.1, 0.15) is 5.82 Å². The van der Waals surface area contributed by atoms with Crippen molar-refractivity contribution >= 4 is 23.2 Å². The minimum absolute atomic E-state index is 0.132. The Balaban J connectivity index is 2.32. The number of H-pyrrole nitrogens is 1. The van der Waals surface area contributed by atoms with Crippen LogP contribution in [0.5, 0.6) is 0 Å². The molecule has 1 aromatic carbocycles. The molecule has 0 spiro atoms. The summed E-state index contributed by atoms with van der Waals surface area (Å²) in [4.78, 5) is 16.5. The highest BCUT2D eigenvalue weighted by Gasteiger charge is 2.27. The Kier molecular flexibility index (Phi) is 4.09. The molecular formula is C14H17ClN4O. The fourth-order valence-electron chi connectivity index (χ4n) is 1.60. The number of aryl methyl sites for hydroxylation is 1. The van der Waals surface area contributed by atoms with E-state index in [9.17, 15) is 4.79 Å². The molecule has 2 rings (SSSR count). The molecule has 0 saturated carbocycles. The first-order chi connectivity index (χ1) is 9.44. The van der Waals surface area contributed by atoms with Crippen LogP contribution in [0, 0.1) is 12.3 Å². The summed E-state index contributed by atoms with van der Waals surface area (Å²) in [5.41, 5.74) is 0.814. The molecule has 1 amide bonds. The van der Waals surface area contributed by atoms with Crippen molar-refractivity contribution in [2.45, 2.75) is 20.8 Å². The quantitative estimate of drug-likeness (QED) is 0.851. The van der Waals surface area contributed by atoms with E-state index in [1.807, 2.05) is 31.2 Å². The Morgan fingerprint density at radius 3 is 2.70 bits per heavy atom. The number of halogens is 1. The predicted molar refractivity (Wildman–Crippen MR) is 79.7 cm³/mol. The highest BCUT2D eigenvalue weighted by molar-refractivity contribution is 6.20. The topological polar surface area (TPSA) is 70.7 Å². The van der Waals surface area contributed by atoms with Crippen molar-refractivity contribution in [3.63, 3.8) is 0 Å². The van der Waals surface area contributed by atoms with Gasteiger partial charge >= 0.3 is 0 Å². The first-order valence-electron chi connectivity index (χ1n) is 6.30. The third-order valence-electron chi connectivity index (χ3n) is 2.96. The number of benzene rings is 1. The smallest absolute Gasteiger partial charge is 0.231 e. The summed E-state index contributed by atoms with van der Waals surface area (Å²) < 4.78 is 0. The molecule has 0 fully saturated rings. The second-order valence-electron chi connectivity index (χ2n) is 5.26. The highest BCUT2D eigenvalue weighted by atomic mass is 35.5. The lowest BCUT2D eigenvalue weighted by Crippen LogP contribution is -2.32. The number of hydrogen-bond acceptors (Lipinski definition) is 3. The van der Waals surface area contributed by atoms with Crippen LogP contribution in [0.3, 0.4) is 0 Å². The van der Waals surface area contributed by atoms with Crippen LogP contribution in [-0.4, -0.2) is 27.0 Å². The molecule has 0 atom stereocenters. The van der Waals surface area contributed by atoms with Crippen molar-refractivity contribution in [3.8, 4) is 11.4 Å². The molecule has 6 heteroatoms. The molecule has 2 N–H and O–H groups in total. The number of nitrogens with one attached hydrogen (secondary N) is 2. The van der Waals surface area contributed by atoms with Gasteiger partial charge < -0.3 is 5.32 Å². The maximum absolute atomic E-state index is 12.2. The van der Waals surface area contributed by atoms with Crippen molar-refractivity contribution in [3.05, 3.63) is 30.1 Å².